The first-order valence-electron chi connectivity index (χ1n) is 6.88. The molecule has 2 aliphatic rings. The highest BCUT2D eigenvalue weighted by Gasteiger charge is 2.39. The van der Waals surface area contributed by atoms with E-state index in [1.807, 2.05) is 25.1 Å². The molecule has 6 nitrogen and oxygen atoms in total. The molecule has 0 bridgehead atoms. The van der Waals surface area contributed by atoms with Crippen LogP contribution in [-0.4, -0.2) is 58.8 Å². The Labute approximate surface area is 117 Å². The number of aryl methyl sites for hydroxylation is 1. The van der Waals surface area contributed by atoms with Gasteiger partial charge in [0, 0.05) is 31.9 Å². The lowest BCUT2D eigenvalue weighted by Crippen LogP contribution is -2.65. The summed E-state index contributed by atoms with van der Waals surface area (Å²) in [5.41, 5.74) is 1.74. The molecule has 0 aliphatic carbocycles. The molecule has 1 aromatic heterocycles. The summed E-state index contributed by atoms with van der Waals surface area (Å²) in [6.45, 7) is 5.01. The molecule has 0 saturated carbocycles. The average molecular weight is 274 g/mol. The van der Waals surface area contributed by atoms with Crippen LogP contribution in [-0.2, 0) is 16.1 Å². The van der Waals surface area contributed by atoms with Crippen molar-refractivity contribution >= 4 is 11.8 Å². The van der Waals surface area contributed by atoms with Crippen LogP contribution in [0.4, 0.5) is 0 Å². The largest absolute Gasteiger partial charge is 0.327 e. The Morgan fingerprint density at radius 3 is 3.00 bits per heavy atom. The van der Waals surface area contributed by atoms with Gasteiger partial charge in [0.1, 0.15) is 0 Å². The molecule has 3 heterocycles. The van der Waals surface area contributed by atoms with Crippen LogP contribution in [0.25, 0.3) is 0 Å². The van der Waals surface area contributed by atoms with Gasteiger partial charge >= 0.3 is 11.8 Å². The molecule has 1 aromatic rings. The topological polar surface area (TPSA) is 65.5 Å². The number of carbonyl (C=O) groups is 2. The highest BCUT2D eigenvalue weighted by molar-refractivity contribution is 6.35. The smallest absolute Gasteiger partial charge is 0.312 e. The van der Waals surface area contributed by atoms with Crippen LogP contribution in [0, 0.1) is 6.92 Å². The number of carbonyl (C=O) groups excluding carboxylic acids is 2. The highest BCUT2D eigenvalue weighted by atomic mass is 16.2. The zero-order chi connectivity index (χ0) is 14.1. The fourth-order valence-electron chi connectivity index (χ4n) is 2.81. The predicted octanol–water partition coefficient (Wildman–Crippen LogP) is -0.467. The second-order valence-electron chi connectivity index (χ2n) is 5.31. The van der Waals surface area contributed by atoms with Crippen LogP contribution in [0.3, 0.4) is 0 Å². The van der Waals surface area contributed by atoms with Gasteiger partial charge in [-0.2, -0.15) is 0 Å². The molecular weight excluding hydrogens is 256 g/mol. The molecule has 2 fully saturated rings. The van der Waals surface area contributed by atoms with E-state index in [0.717, 1.165) is 24.5 Å². The molecule has 0 spiro atoms. The zero-order valence-corrected chi connectivity index (χ0v) is 11.5. The second kappa shape index (κ2) is 5.20. The Kier molecular flexibility index (Phi) is 3.40. The maximum Gasteiger partial charge on any atom is 0.312 e. The fourth-order valence-corrected chi connectivity index (χ4v) is 2.81. The van der Waals surface area contributed by atoms with Crippen molar-refractivity contribution in [1.29, 1.82) is 0 Å². The first-order chi connectivity index (χ1) is 9.65. The van der Waals surface area contributed by atoms with Crippen LogP contribution < -0.4 is 5.32 Å². The Hall–Kier alpha value is -1.95. The lowest BCUT2D eigenvalue weighted by molar-refractivity contribution is -0.160. The number of piperazine rings is 2. The molecule has 1 unspecified atom stereocenters. The van der Waals surface area contributed by atoms with Crippen molar-refractivity contribution in [1.82, 2.24) is 20.1 Å². The van der Waals surface area contributed by atoms with E-state index >= 15 is 0 Å². The third-order valence-electron chi connectivity index (χ3n) is 3.81. The van der Waals surface area contributed by atoms with E-state index in [0.29, 0.717) is 19.6 Å². The minimum Gasteiger partial charge on any atom is -0.327 e. The number of amides is 2. The maximum absolute atomic E-state index is 12.2. The van der Waals surface area contributed by atoms with E-state index in [-0.39, 0.29) is 11.9 Å². The number of rotatable bonds is 2. The Bertz CT molecular complexity index is 546. The van der Waals surface area contributed by atoms with Crippen LogP contribution in [0.15, 0.2) is 18.2 Å². The molecule has 2 aliphatic heterocycles. The van der Waals surface area contributed by atoms with E-state index in [1.165, 1.54) is 0 Å². The molecule has 106 valence electrons. The molecule has 3 rings (SSSR count). The van der Waals surface area contributed by atoms with Gasteiger partial charge in [-0.05, 0) is 19.1 Å². The first kappa shape index (κ1) is 13.1. The lowest BCUT2D eigenvalue weighted by Gasteiger charge is -2.43. The quantitative estimate of drug-likeness (QED) is 0.741. The maximum atomic E-state index is 12.2. The van der Waals surface area contributed by atoms with Crippen LogP contribution >= 0.6 is 0 Å². The van der Waals surface area contributed by atoms with Crippen LogP contribution in [0.5, 0.6) is 0 Å². The molecule has 1 atom stereocenters. The van der Waals surface area contributed by atoms with Crippen molar-refractivity contribution in [3.8, 4) is 0 Å². The summed E-state index contributed by atoms with van der Waals surface area (Å²) in [7, 11) is 0. The number of pyridine rings is 1. The number of fused-ring (bicyclic) bond motifs is 1. The third-order valence-corrected chi connectivity index (χ3v) is 3.81. The summed E-state index contributed by atoms with van der Waals surface area (Å²) >= 11 is 0. The van der Waals surface area contributed by atoms with Gasteiger partial charge in [-0.15, -0.1) is 0 Å². The normalized spacial score (nSPS) is 22.9. The summed E-state index contributed by atoms with van der Waals surface area (Å²) in [6.07, 6.45) is 0. The van der Waals surface area contributed by atoms with E-state index in [4.69, 9.17) is 0 Å². The molecular formula is C14H18N4O2. The van der Waals surface area contributed by atoms with E-state index < -0.39 is 5.91 Å². The van der Waals surface area contributed by atoms with Crippen LogP contribution in [0.1, 0.15) is 11.4 Å². The first-order valence-corrected chi connectivity index (χ1v) is 6.88. The van der Waals surface area contributed by atoms with E-state index in [1.54, 1.807) is 9.80 Å². The highest BCUT2D eigenvalue weighted by Crippen LogP contribution is 2.16. The molecule has 2 amide bonds. The molecule has 20 heavy (non-hydrogen) atoms. The van der Waals surface area contributed by atoms with Gasteiger partial charge in [-0.1, -0.05) is 6.07 Å². The van der Waals surface area contributed by atoms with Crippen molar-refractivity contribution in [3.63, 3.8) is 0 Å². The standard InChI is InChI=1S/C14H18N4O2/c1-10-3-2-4-11(16-10)8-17-9-12-7-15-5-6-18(12)14(20)13(17)19/h2-4,12,15H,5-9H2,1H3. The van der Waals surface area contributed by atoms with E-state index in [2.05, 4.69) is 10.3 Å². The third kappa shape index (κ3) is 2.38. The molecule has 2 saturated heterocycles. The summed E-state index contributed by atoms with van der Waals surface area (Å²) < 4.78 is 0. The summed E-state index contributed by atoms with van der Waals surface area (Å²) in [5.74, 6) is -0.790. The van der Waals surface area contributed by atoms with Gasteiger partial charge in [0.05, 0.1) is 18.3 Å². The second-order valence-corrected chi connectivity index (χ2v) is 5.31. The van der Waals surface area contributed by atoms with Crippen molar-refractivity contribution in [2.24, 2.45) is 0 Å². The minimum atomic E-state index is -0.411. The number of nitrogens with one attached hydrogen (secondary N) is 1. The predicted molar refractivity (Wildman–Crippen MR) is 72.8 cm³/mol. The molecule has 0 aromatic carbocycles. The summed E-state index contributed by atoms with van der Waals surface area (Å²) in [5, 5.41) is 3.27. The molecule has 6 heteroatoms. The Balaban J connectivity index is 1.76. The van der Waals surface area contributed by atoms with Gasteiger partial charge in [-0.3, -0.25) is 14.6 Å². The number of aromatic nitrogens is 1. The van der Waals surface area contributed by atoms with Gasteiger partial charge < -0.3 is 15.1 Å². The molecule has 0 radical (unpaired) electrons. The lowest BCUT2D eigenvalue weighted by atomic mass is 10.1. The van der Waals surface area contributed by atoms with Crippen molar-refractivity contribution < 1.29 is 9.59 Å². The Morgan fingerprint density at radius 1 is 1.35 bits per heavy atom. The summed E-state index contributed by atoms with van der Waals surface area (Å²) in [6, 6.07) is 5.80. The fraction of sp³-hybridized carbons (Fsp3) is 0.500. The van der Waals surface area contributed by atoms with E-state index in [9.17, 15) is 9.59 Å². The number of hydrogen-bond acceptors (Lipinski definition) is 4. The van der Waals surface area contributed by atoms with Crippen molar-refractivity contribution in [2.75, 3.05) is 26.2 Å². The SMILES string of the molecule is Cc1cccc(CN2CC3CNCCN3C(=O)C2=O)n1. The number of hydrogen-bond donors (Lipinski definition) is 1. The van der Waals surface area contributed by atoms with Gasteiger partial charge in [0.15, 0.2) is 0 Å². The molecule has 1 N–H and O–H groups in total. The average Bonchev–Trinajstić information content (AvgIpc) is 2.45. The zero-order valence-electron chi connectivity index (χ0n) is 11.5. The number of nitrogens with zero attached hydrogens (tertiary/aromatic N) is 3. The Morgan fingerprint density at radius 2 is 2.20 bits per heavy atom. The minimum absolute atomic E-state index is 0.0822. The monoisotopic (exact) mass is 274 g/mol. The summed E-state index contributed by atoms with van der Waals surface area (Å²) in [4.78, 5) is 32.0. The van der Waals surface area contributed by atoms with Gasteiger partial charge in [-0.25, -0.2) is 0 Å². The van der Waals surface area contributed by atoms with Crippen molar-refractivity contribution in [2.45, 2.75) is 19.5 Å². The van der Waals surface area contributed by atoms with Gasteiger partial charge in [0.25, 0.3) is 0 Å². The van der Waals surface area contributed by atoms with Crippen molar-refractivity contribution in [3.05, 3.63) is 29.6 Å². The van der Waals surface area contributed by atoms with Gasteiger partial charge in [0.2, 0.25) is 0 Å². The van der Waals surface area contributed by atoms with Crippen LogP contribution in [0.2, 0.25) is 0 Å².